The Balaban J connectivity index is 1.31. The second kappa shape index (κ2) is 8.43. The van der Waals surface area contributed by atoms with Crippen molar-refractivity contribution >= 4 is 23.5 Å². The monoisotopic (exact) mass is 434 g/mol. The quantitative estimate of drug-likeness (QED) is 0.415. The molecule has 1 aromatic carbocycles. The Labute approximate surface area is 183 Å². The summed E-state index contributed by atoms with van der Waals surface area (Å²) in [5.41, 5.74) is 1.95. The van der Waals surface area contributed by atoms with Gasteiger partial charge in [0.15, 0.2) is 16.7 Å². The van der Waals surface area contributed by atoms with Crippen LogP contribution in [0.25, 0.3) is 17.3 Å². The lowest BCUT2D eigenvalue weighted by atomic mass is 10.3. The number of furan rings is 1. The van der Waals surface area contributed by atoms with Gasteiger partial charge in [-0.05, 0) is 44.0 Å². The molecule has 0 bridgehead atoms. The highest BCUT2D eigenvalue weighted by molar-refractivity contribution is 7.99. The number of thioether (sulfide) groups is 1. The van der Waals surface area contributed by atoms with Gasteiger partial charge in [0.05, 0.1) is 23.4 Å². The van der Waals surface area contributed by atoms with Gasteiger partial charge in [0.2, 0.25) is 5.91 Å². The van der Waals surface area contributed by atoms with Gasteiger partial charge in [0.1, 0.15) is 5.82 Å². The van der Waals surface area contributed by atoms with Crippen LogP contribution in [-0.4, -0.2) is 36.2 Å². The summed E-state index contributed by atoms with van der Waals surface area (Å²) in [6.45, 7) is 2.69. The summed E-state index contributed by atoms with van der Waals surface area (Å²) in [7, 11) is 0. The zero-order valence-corrected chi connectivity index (χ0v) is 17.9. The molecule has 4 aromatic rings. The number of amides is 1. The minimum absolute atomic E-state index is 0.116. The van der Waals surface area contributed by atoms with Crippen LogP contribution in [-0.2, 0) is 11.3 Å². The molecule has 1 aliphatic carbocycles. The third-order valence-corrected chi connectivity index (χ3v) is 6.07. The number of hydrogen-bond donors (Lipinski definition) is 1. The highest BCUT2D eigenvalue weighted by atomic mass is 32.2. The van der Waals surface area contributed by atoms with Crippen LogP contribution >= 0.6 is 11.8 Å². The Morgan fingerprint density at radius 3 is 2.74 bits per heavy atom. The van der Waals surface area contributed by atoms with E-state index < -0.39 is 0 Å². The molecular weight excluding hydrogens is 412 g/mol. The molecule has 1 N–H and O–H groups in total. The van der Waals surface area contributed by atoms with E-state index in [1.54, 1.807) is 10.9 Å². The van der Waals surface area contributed by atoms with Crippen LogP contribution in [0.15, 0.2) is 64.4 Å². The first-order valence-electron chi connectivity index (χ1n) is 10.3. The lowest BCUT2D eigenvalue weighted by Crippen LogP contribution is -2.17. The summed E-state index contributed by atoms with van der Waals surface area (Å²) in [5, 5.41) is 16.9. The third-order valence-electron chi connectivity index (χ3n) is 5.10. The predicted octanol–water partition coefficient (Wildman–Crippen LogP) is 4.35. The van der Waals surface area contributed by atoms with Crippen LogP contribution in [0.3, 0.4) is 0 Å². The number of carbonyl (C=O) groups excluding carboxylic acids is 1. The molecule has 0 radical (unpaired) electrons. The number of hydrogen-bond acceptors (Lipinski definition) is 6. The largest absolute Gasteiger partial charge is 0.461 e. The van der Waals surface area contributed by atoms with Crippen LogP contribution < -0.4 is 5.32 Å². The van der Waals surface area contributed by atoms with Gasteiger partial charge in [-0.2, -0.15) is 5.10 Å². The van der Waals surface area contributed by atoms with Crippen molar-refractivity contribution < 1.29 is 9.21 Å². The van der Waals surface area contributed by atoms with Crippen LogP contribution in [0.2, 0.25) is 0 Å². The van der Waals surface area contributed by atoms with Crippen LogP contribution in [0.1, 0.15) is 31.4 Å². The molecule has 0 aliphatic heterocycles. The van der Waals surface area contributed by atoms with Gasteiger partial charge in [0, 0.05) is 18.5 Å². The molecule has 158 valence electrons. The highest BCUT2D eigenvalue weighted by Crippen LogP contribution is 2.40. The van der Waals surface area contributed by atoms with E-state index in [1.807, 2.05) is 60.0 Å². The Kier molecular flexibility index (Phi) is 5.33. The number of carbonyl (C=O) groups is 1. The van der Waals surface area contributed by atoms with E-state index in [1.165, 1.54) is 11.8 Å². The molecule has 1 amide bonds. The summed E-state index contributed by atoms with van der Waals surface area (Å²) >= 11 is 1.35. The number of rotatable bonds is 8. The molecule has 0 saturated heterocycles. The number of anilines is 1. The minimum Gasteiger partial charge on any atom is -0.461 e. The second-order valence-corrected chi connectivity index (χ2v) is 8.28. The Bertz CT molecular complexity index is 1180. The fourth-order valence-electron chi connectivity index (χ4n) is 3.41. The van der Waals surface area contributed by atoms with Crippen LogP contribution in [0, 0.1) is 0 Å². The van der Waals surface area contributed by atoms with Crippen LogP contribution in [0.4, 0.5) is 5.82 Å². The number of aromatic nitrogens is 5. The number of nitrogens with one attached hydrogen (secondary N) is 1. The fraction of sp³-hybridized carbons (Fsp3) is 0.273. The van der Waals surface area contributed by atoms with Gasteiger partial charge in [0.25, 0.3) is 0 Å². The maximum absolute atomic E-state index is 12.8. The van der Waals surface area contributed by atoms with E-state index in [-0.39, 0.29) is 11.7 Å². The summed E-state index contributed by atoms with van der Waals surface area (Å²) in [6.07, 6.45) is 3.91. The van der Waals surface area contributed by atoms with Crippen molar-refractivity contribution in [1.82, 2.24) is 24.5 Å². The molecule has 3 aromatic heterocycles. The smallest absolute Gasteiger partial charge is 0.236 e. The van der Waals surface area contributed by atoms with E-state index in [0.717, 1.165) is 24.2 Å². The molecule has 1 aliphatic rings. The standard InChI is InChI=1S/C22H22N6O2S/c1-2-27-21(18-9-6-12-30-18)24-25-22(27)31-14-20(29)23-19-13-17(15-10-11-15)26-28(19)16-7-4-3-5-8-16/h3-9,12-13,15H,2,10-11,14H2,1H3,(H,23,29). The Morgan fingerprint density at radius 1 is 1.19 bits per heavy atom. The zero-order chi connectivity index (χ0) is 21.2. The Morgan fingerprint density at radius 2 is 2.03 bits per heavy atom. The third kappa shape index (κ3) is 4.13. The first-order valence-corrected chi connectivity index (χ1v) is 11.3. The van der Waals surface area contributed by atoms with E-state index in [4.69, 9.17) is 9.52 Å². The molecule has 3 heterocycles. The minimum atomic E-state index is -0.116. The molecule has 1 saturated carbocycles. The number of nitrogens with zero attached hydrogens (tertiary/aromatic N) is 5. The number of para-hydroxylation sites is 1. The van der Waals surface area contributed by atoms with Crippen molar-refractivity contribution in [2.75, 3.05) is 11.1 Å². The van der Waals surface area contributed by atoms with Gasteiger partial charge in [-0.15, -0.1) is 10.2 Å². The van der Waals surface area contributed by atoms with E-state index in [9.17, 15) is 4.79 Å². The Hall–Kier alpha value is -3.33. The van der Waals surface area contributed by atoms with Gasteiger partial charge in [-0.1, -0.05) is 30.0 Å². The number of benzene rings is 1. The molecule has 0 spiro atoms. The van der Waals surface area contributed by atoms with E-state index in [2.05, 4.69) is 15.5 Å². The first kappa shape index (κ1) is 19.6. The summed E-state index contributed by atoms with van der Waals surface area (Å²) < 4.78 is 9.19. The normalized spacial score (nSPS) is 13.5. The molecular formula is C22H22N6O2S. The molecule has 0 unspecified atom stereocenters. The van der Waals surface area contributed by atoms with Crippen molar-refractivity contribution in [2.24, 2.45) is 0 Å². The van der Waals surface area contributed by atoms with E-state index >= 15 is 0 Å². The molecule has 1 fully saturated rings. The lowest BCUT2D eigenvalue weighted by Gasteiger charge is -2.09. The first-order chi connectivity index (χ1) is 15.2. The van der Waals surface area contributed by atoms with Gasteiger partial charge in [-0.3, -0.25) is 9.36 Å². The van der Waals surface area contributed by atoms with Crippen LogP contribution in [0.5, 0.6) is 0 Å². The average molecular weight is 435 g/mol. The fourth-order valence-corrected chi connectivity index (χ4v) is 4.21. The van der Waals surface area contributed by atoms with Crippen molar-refractivity contribution in [3.8, 4) is 17.3 Å². The van der Waals surface area contributed by atoms with Gasteiger partial charge < -0.3 is 9.73 Å². The summed E-state index contributed by atoms with van der Waals surface area (Å²) in [4.78, 5) is 12.8. The molecule has 5 rings (SSSR count). The van der Waals surface area contributed by atoms with Crippen molar-refractivity contribution in [3.05, 3.63) is 60.5 Å². The maximum Gasteiger partial charge on any atom is 0.236 e. The summed E-state index contributed by atoms with van der Waals surface area (Å²) in [5.74, 6) is 2.60. The topological polar surface area (TPSA) is 90.8 Å². The molecule has 8 nitrogen and oxygen atoms in total. The van der Waals surface area contributed by atoms with E-state index in [0.29, 0.717) is 35.0 Å². The molecule has 9 heteroatoms. The van der Waals surface area contributed by atoms with Crippen molar-refractivity contribution in [3.63, 3.8) is 0 Å². The highest BCUT2D eigenvalue weighted by Gasteiger charge is 2.28. The SMILES string of the molecule is CCn1c(SCC(=O)Nc2cc(C3CC3)nn2-c2ccccc2)nnc1-c1ccco1. The van der Waals surface area contributed by atoms with Gasteiger partial charge in [-0.25, -0.2) is 4.68 Å². The molecule has 0 atom stereocenters. The second-order valence-electron chi connectivity index (χ2n) is 7.34. The van der Waals surface area contributed by atoms with Crippen molar-refractivity contribution in [1.29, 1.82) is 0 Å². The van der Waals surface area contributed by atoms with Crippen molar-refractivity contribution in [2.45, 2.75) is 37.4 Å². The maximum atomic E-state index is 12.8. The zero-order valence-electron chi connectivity index (χ0n) is 17.1. The summed E-state index contributed by atoms with van der Waals surface area (Å²) in [6, 6.07) is 15.5. The molecule has 31 heavy (non-hydrogen) atoms. The average Bonchev–Trinajstić information content (AvgIpc) is 3.17. The predicted molar refractivity (Wildman–Crippen MR) is 118 cm³/mol. The van der Waals surface area contributed by atoms with Gasteiger partial charge >= 0.3 is 0 Å². The lowest BCUT2D eigenvalue weighted by molar-refractivity contribution is -0.113.